The molecule has 1 aliphatic carbocycles. The highest BCUT2D eigenvalue weighted by atomic mass is 79.9. The van der Waals surface area contributed by atoms with Crippen LogP contribution in [0.1, 0.15) is 52.0 Å². The third-order valence-electron chi connectivity index (χ3n) is 3.28. The molecule has 0 saturated heterocycles. The van der Waals surface area contributed by atoms with Crippen LogP contribution in [0.5, 0.6) is 5.88 Å². The minimum atomic E-state index is 0.0902. The maximum absolute atomic E-state index is 6.05. The van der Waals surface area contributed by atoms with Gasteiger partial charge in [0.25, 0.3) is 0 Å². The molecule has 0 spiro atoms. The number of nitrogens with one attached hydrogen (secondary N) is 1. The molecule has 3 nitrogen and oxygen atoms in total. The number of rotatable bonds is 4. The molecule has 1 aromatic heterocycles. The SMILES string of the molecule is CC(C)(C)NCc1cc(Br)cnc1OC1CCCC1. The van der Waals surface area contributed by atoms with Gasteiger partial charge in [0, 0.05) is 28.3 Å². The monoisotopic (exact) mass is 326 g/mol. The van der Waals surface area contributed by atoms with E-state index in [0.29, 0.717) is 6.10 Å². The van der Waals surface area contributed by atoms with Gasteiger partial charge in [-0.2, -0.15) is 0 Å². The number of hydrogen-bond acceptors (Lipinski definition) is 3. The van der Waals surface area contributed by atoms with Crippen molar-refractivity contribution in [1.82, 2.24) is 10.3 Å². The van der Waals surface area contributed by atoms with E-state index in [2.05, 4.69) is 53.1 Å². The van der Waals surface area contributed by atoms with Crippen molar-refractivity contribution in [2.45, 2.75) is 64.6 Å². The largest absolute Gasteiger partial charge is 0.474 e. The fraction of sp³-hybridized carbons (Fsp3) is 0.667. The van der Waals surface area contributed by atoms with Gasteiger partial charge in [-0.15, -0.1) is 0 Å². The van der Waals surface area contributed by atoms with Gasteiger partial charge in [-0.05, 0) is 68.5 Å². The molecule has 0 aromatic carbocycles. The molecule has 0 aliphatic heterocycles. The molecule has 2 rings (SSSR count). The summed E-state index contributed by atoms with van der Waals surface area (Å²) in [4.78, 5) is 4.43. The topological polar surface area (TPSA) is 34.2 Å². The molecule has 1 heterocycles. The lowest BCUT2D eigenvalue weighted by Crippen LogP contribution is -2.35. The van der Waals surface area contributed by atoms with Crippen molar-refractivity contribution < 1.29 is 4.74 Å². The Balaban J connectivity index is 2.08. The summed E-state index contributed by atoms with van der Waals surface area (Å²) in [5.74, 6) is 0.784. The summed E-state index contributed by atoms with van der Waals surface area (Å²) in [6, 6.07) is 2.09. The van der Waals surface area contributed by atoms with Crippen LogP contribution < -0.4 is 10.1 Å². The predicted octanol–water partition coefficient (Wildman–Crippen LogP) is 4.05. The molecule has 1 aromatic rings. The van der Waals surface area contributed by atoms with Crippen molar-refractivity contribution in [3.63, 3.8) is 0 Å². The molecule has 0 radical (unpaired) electrons. The Morgan fingerprint density at radius 3 is 2.68 bits per heavy atom. The van der Waals surface area contributed by atoms with Crippen LogP contribution in [-0.4, -0.2) is 16.6 Å². The Labute approximate surface area is 124 Å². The smallest absolute Gasteiger partial charge is 0.218 e. The highest BCUT2D eigenvalue weighted by Gasteiger charge is 2.19. The van der Waals surface area contributed by atoms with Crippen LogP contribution in [0.3, 0.4) is 0 Å². The van der Waals surface area contributed by atoms with E-state index in [1.165, 1.54) is 12.8 Å². The van der Waals surface area contributed by atoms with E-state index in [9.17, 15) is 0 Å². The van der Waals surface area contributed by atoms with E-state index in [1.54, 1.807) is 0 Å². The van der Waals surface area contributed by atoms with Gasteiger partial charge in [-0.3, -0.25) is 0 Å². The summed E-state index contributed by atoms with van der Waals surface area (Å²) in [5, 5.41) is 3.49. The van der Waals surface area contributed by atoms with E-state index in [0.717, 1.165) is 35.3 Å². The van der Waals surface area contributed by atoms with E-state index in [-0.39, 0.29) is 5.54 Å². The summed E-state index contributed by atoms with van der Waals surface area (Å²) in [5.41, 5.74) is 1.21. The van der Waals surface area contributed by atoms with Crippen molar-refractivity contribution in [1.29, 1.82) is 0 Å². The summed E-state index contributed by atoms with van der Waals surface area (Å²) in [6.45, 7) is 7.26. The first-order valence-electron chi connectivity index (χ1n) is 7.00. The van der Waals surface area contributed by atoms with Crippen molar-refractivity contribution in [3.05, 3.63) is 22.3 Å². The van der Waals surface area contributed by atoms with Gasteiger partial charge in [0.15, 0.2) is 0 Å². The Bertz CT molecular complexity index is 423. The number of ether oxygens (including phenoxy) is 1. The molecule has 1 fully saturated rings. The summed E-state index contributed by atoms with van der Waals surface area (Å²) < 4.78 is 7.05. The molecule has 106 valence electrons. The molecule has 1 aliphatic rings. The quantitative estimate of drug-likeness (QED) is 0.906. The lowest BCUT2D eigenvalue weighted by Gasteiger charge is -2.22. The molecule has 1 saturated carbocycles. The maximum Gasteiger partial charge on any atom is 0.218 e. The van der Waals surface area contributed by atoms with Gasteiger partial charge in [-0.1, -0.05) is 0 Å². The summed E-state index contributed by atoms with van der Waals surface area (Å²) in [7, 11) is 0. The molecule has 0 unspecified atom stereocenters. The highest BCUT2D eigenvalue weighted by Crippen LogP contribution is 2.27. The first kappa shape index (κ1) is 14.8. The number of hydrogen-bond donors (Lipinski definition) is 1. The number of pyridine rings is 1. The Kier molecular flexibility index (Phi) is 4.85. The first-order valence-corrected chi connectivity index (χ1v) is 7.79. The highest BCUT2D eigenvalue weighted by molar-refractivity contribution is 9.10. The van der Waals surface area contributed by atoms with E-state index in [1.807, 2.05) is 6.20 Å². The van der Waals surface area contributed by atoms with Crippen LogP contribution in [0.2, 0.25) is 0 Å². The van der Waals surface area contributed by atoms with Crippen LogP contribution in [0.4, 0.5) is 0 Å². The van der Waals surface area contributed by atoms with E-state index < -0.39 is 0 Å². The zero-order chi connectivity index (χ0) is 13.9. The van der Waals surface area contributed by atoms with Gasteiger partial charge in [0.2, 0.25) is 5.88 Å². The lowest BCUT2D eigenvalue weighted by molar-refractivity contribution is 0.198. The molecule has 19 heavy (non-hydrogen) atoms. The van der Waals surface area contributed by atoms with Gasteiger partial charge < -0.3 is 10.1 Å². The molecule has 0 atom stereocenters. The lowest BCUT2D eigenvalue weighted by atomic mass is 10.1. The normalized spacial score (nSPS) is 16.8. The third kappa shape index (κ3) is 4.77. The second-order valence-corrected chi connectivity index (χ2v) is 7.16. The summed E-state index contributed by atoms with van der Waals surface area (Å²) >= 11 is 3.48. The van der Waals surface area contributed by atoms with Gasteiger partial charge in [0.1, 0.15) is 6.10 Å². The van der Waals surface area contributed by atoms with Gasteiger partial charge in [0.05, 0.1) is 0 Å². The average Bonchev–Trinajstić information content (AvgIpc) is 2.81. The average molecular weight is 327 g/mol. The van der Waals surface area contributed by atoms with E-state index in [4.69, 9.17) is 4.74 Å². The van der Waals surface area contributed by atoms with Gasteiger partial charge in [-0.25, -0.2) is 4.98 Å². The van der Waals surface area contributed by atoms with Crippen LogP contribution in [-0.2, 0) is 6.54 Å². The number of nitrogens with zero attached hydrogens (tertiary/aromatic N) is 1. The van der Waals surface area contributed by atoms with Crippen molar-refractivity contribution in [2.24, 2.45) is 0 Å². The zero-order valence-electron chi connectivity index (χ0n) is 12.0. The molecule has 0 bridgehead atoms. The van der Waals surface area contributed by atoms with Crippen LogP contribution in [0.15, 0.2) is 16.7 Å². The number of aromatic nitrogens is 1. The molecule has 4 heteroatoms. The fourth-order valence-electron chi connectivity index (χ4n) is 2.23. The standard InChI is InChI=1S/C15H23BrN2O/c1-15(2,3)18-9-11-8-12(16)10-17-14(11)19-13-6-4-5-7-13/h8,10,13,18H,4-7,9H2,1-3H3. The number of halogens is 1. The fourth-order valence-corrected chi connectivity index (χ4v) is 2.60. The molecular weight excluding hydrogens is 304 g/mol. The molecule has 0 amide bonds. The predicted molar refractivity (Wildman–Crippen MR) is 81.4 cm³/mol. The maximum atomic E-state index is 6.05. The zero-order valence-corrected chi connectivity index (χ0v) is 13.6. The van der Waals surface area contributed by atoms with E-state index >= 15 is 0 Å². The Hall–Kier alpha value is -0.610. The Morgan fingerprint density at radius 1 is 1.37 bits per heavy atom. The minimum Gasteiger partial charge on any atom is -0.474 e. The van der Waals surface area contributed by atoms with Crippen molar-refractivity contribution >= 4 is 15.9 Å². The third-order valence-corrected chi connectivity index (χ3v) is 3.72. The first-order chi connectivity index (χ1) is 8.94. The van der Waals surface area contributed by atoms with Crippen molar-refractivity contribution in [2.75, 3.05) is 0 Å². The molecular formula is C15H23BrN2O. The van der Waals surface area contributed by atoms with Gasteiger partial charge >= 0.3 is 0 Å². The van der Waals surface area contributed by atoms with Crippen LogP contribution in [0, 0.1) is 0 Å². The molecule has 1 N–H and O–H groups in total. The minimum absolute atomic E-state index is 0.0902. The second-order valence-electron chi connectivity index (χ2n) is 6.25. The summed E-state index contributed by atoms with van der Waals surface area (Å²) in [6.07, 6.45) is 7.02. The second kappa shape index (κ2) is 6.23. The van der Waals surface area contributed by atoms with Crippen molar-refractivity contribution in [3.8, 4) is 5.88 Å². The van der Waals surface area contributed by atoms with Crippen LogP contribution >= 0.6 is 15.9 Å². The Morgan fingerprint density at radius 2 is 2.05 bits per heavy atom. The van der Waals surface area contributed by atoms with Crippen LogP contribution in [0.25, 0.3) is 0 Å².